The van der Waals surface area contributed by atoms with Gasteiger partial charge in [-0.15, -0.1) is 0 Å². The van der Waals surface area contributed by atoms with E-state index in [1.807, 2.05) is 0 Å². The molecule has 0 saturated carbocycles. The largest absolute Gasteiger partial charge is 0.475 e. The highest BCUT2D eigenvalue weighted by molar-refractivity contribution is 6.31. The van der Waals surface area contributed by atoms with Crippen molar-refractivity contribution in [2.75, 3.05) is 0 Å². The fourth-order valence-electron chi connectivity index (χ4n) is 1.56. The number of carboxylic acid groups (broad SMARTS) is 1. The zero-order valence-corrected chi connectivity index (χ0v) is 10.2. The molecule has 2 rings (SSSR count). The van der Waals surface area contributed by atoms with Crippen LogP contribution in [0, 0.1) is 5.82 Å². The molecule has 1 aromatic carbocycles. The molecule has 0 saturated heterocycles. The molecule has 0 aliphatic carbocycles. The Bertz CT molecular complexity index is 609. The van der Waals surface area contributed by atoms with Gasteiger partial charge in [-0.25, -0.2) is 9.18 Å². The van der Waals surface area contributed by atoms with Crippen LogP contribution >= 0.6 is 11.6 Å². The van der Waals surface area contributed by atoms with Crippen LogP contribution in [0.1, 0.15) is 23.0 Å². The summed E-state index contributed by atoms with van der Waals surface area (Å²) in [5.74, 6) is -1.95. The number of hydrogen-bond donors (Lipinski definition) is 1. The summed E-state index contributed by atoms with van der Waals surface area (Å²) >= 11 is 5.77. The molecule has 0 atom stereocenters. The van der Waals surface area contributed by atoms with Crippen molar-refractivity contribution in [3.8, 4) is 11.3 Å². The van der Waals surface area contributed by atoms with Crippen molar-refractivity contribution in [3.63, 3.8) is 0 Å². The molecule has 1 N–H and O–H groups in total. The molecule has 0 spiro atoms. The number of benzene rings is 1. The number of halogens is 2. The molecule has 0 unspecified atom stereocenters. The lowest BCUT2D eigenvalue weighted by molar-refractivity contribution is 0.0652. The summed E-state index contributed by atoms with van der Waals surface area (Å²) in [5.41, 5.74) is 1.27. The zero-order valence-electron chi connectivity index (χ0n) is 9.41. The normalized spacial score (nSPS) is 10.6. The van der Waals surface area contributed by atoms with E-state index in [9.17, 15) is 9.18 Å². The number of aryl methyl sites for hydroxylation is 1. The fourth-order valence-corrected chi connectivity index (χ4v) is 1.80. The van der Waals surface area contributed by atoms with E-state index in [1.54, 1.807) is 13.0 Å². The summed E-state index contributed by atoms with van der Waals surface area (Å²) in [4.78, 5) is 10.7. The molecule has 0 fully saturated rings. The van der Waals surface area contributed by atoms with E-state index in [1.165, 1.54) is 12.1 Å². The number of rotatable bonds is 3. The Balaban J connectivity index is 2.50. The Kier molecular flexibility index (Phi) is 3.34. The second-order valence-corrected chi connectivity index (χ2v) is 4.07. The van der Waals surface area contributed by atoms with E-state index in [0.717, 1.165) is 0 Å². The van der Waals surface area contributed by atoms with Crippen LogP contribution in [0.2, 0.25) is 5.02 Å². The van der Waals surface area contributed by atoms with E-state index in [0.29, 0.717) is 23.2 Å². The summed E-state index contributed by atoms with van der Waals surface area (Å²) in [7, 11) is 0. The average molecular weight is 270 g/mol. The van der Waals surface area contributed by atoms with Gasteiger partial charge in [-0.3, -0.25) is 0 Å². The molecule has 0 radical (unpaired) electrons. The number of carbonyl (C=O) groups is 1. The summed E-state index contributed by atoms with van der Waals surface area (Å²) in [5, 5.41) is 12.3. The number of aromatic carboxylic acids is 1. The Morgan fingerprint density at radius 1 is 1.50 bits per heavy atom. The van der Waals surface area contributed by atoms with E-state index < -0.39 is 11.8 Å². The SMILES string of the molecule is CCc1cc(-c2cc(C(=O)O)on2)cc(Cl)c1F. The summed E-state index contributed by atoms with van der Waals surface area (Å²) < 4.78 is 18.2. The van der Waals surface area contributed by atoms with Crippen molar-refractivity contribution in [3.05, 3.63) is 40.4 Å². The molecule has 1 heterocycles. The lowest BCUT2D eigenvalue weighted by Crippen LogP contribution is -1.92. The van der Waals surface area contributed by atoms with Gasteiger partial charge in [0.05, 0.1) is 5.02 Å². The predicted octanol–water partition coefficient (Wildman–Crippen LogP) is 3.39. The first kappa shape index (κ1) is 12.6. The van der Waals surface area contributed by atoms with Gasteiger partial charge in [0, 0.05) is 11.6 Å². The number of aromatic nitrogens is 1. The Labute approximate surface area is 107 Å². The number of carboxylic acids is 1. The van der Waals surface area contributed by atoms with Crippen LogP contribution in [-0.4, -0.2) is 16.2 Å². The molecule has 1 aromatic heterocycles. The Morgan fingerprint density at radius 2 is 2.22 bits per heavy atom. The molecule has 18 heavy (non-hydrogen) atoms. The molecule has 0 bridgehead atoms. The van der Waals surface area contributed by atoms with Crippen LogP contribution in [0.3, 0.4) is 0 Å². The van der Waals surface area contributed by atoms with Gasteiger partial charge in [-0.05, 0) is 24.1 Å². The van der Waals surface area contributed by atoms with E-state index in [-0.39, 0.29) is 10.8 Å². The first-order chi connectivity index (χ1) is 8.52. The van der Waals surface area contributed by atoms with E-state index in [4.69, 9.17) is 16.7 Å². The van der Waals surface area contributed by atoms with Gasteiger partial charge in [0.2, 0.25) is 5.76 Å². The van der Waals surface area contributed by atoms with Crippen molar-refractivity contribution in [1.29, 1.82) is 0 Å². The second kappa shape index (κ2) is 4.78. The van der Waals surface area contributed by atoms with E-state index >= 15 is 0 Å². The molecule has 0 aliphatic heterocycles. The van der Waals surface area contributed by atoms with Crippen LogP contribution in [0.25, 0.3) is 11.3 Å². The van der Waals surface area contributed by atoms with Crippen LogP contribution in [0.4, 0.5) is 4.39 Å². The smallest absolute Gasteiger partial charge is 0.374 e. The lowest BCUT2D eigenvalue weighted by atomic mass is 10.1. The highest BCUT2D eigenvalue weighted by Gasteiger charge is 2.15. The zero-order chi connectivity index (χ0) is 13.3. The molecule has 4 nitrogen and oxygen atoms in total. The highest BCUT2D eigenvalue weighted by atomic mass is 35.5. The first-order valence-corrected chi connectivity index (χ1v) is 5.59. The summed E-state index contributed by atoms with van der Waals surface area (Å²) in [6.07, 6.45) is 0.475. The third-order valence-corrected chi connectivity index (χ3v) is 2.78. The highest BCUT2D eigenvalue weighted by Crippen LogP contribution is 2.28. The van der Waals surface area contributed by atoms with Crippen LogP contribution in [0.5, 0.6) is 0 Å². The van der Waals surface area contributed by atoms with Gasteiger partial charge < -0.3 is 9.63 Å². The van der Waals surface area contributed by atoms with Crippen molar-refractivity contribution < 1.29 is 18.8 Å². The molecular formula is C12H9ClFNO3. The molecule has 94 valence electrons. The maximum absolute atomic E-state index is 13.6. The third kappa shape index (κ3) is 2.22. The van der Waals surface area contributed by atoms with Crippen LogP contribution < -0.4 is 0 Å². The van der Waals surface area contributed by atoms with Crippen molar-refractivity contribution in [2.45, 2.75) is 13.3 Å². The monoisotopic (exact) mass is 269 g/mol. The lowest BCUT2D eigenvalue weighted by Gasteiger charge is -2.04. The number of hydrogen-bond acceptors (Lipinski definition) is 3. The molecular weight excluding hydrogens is 261 g/mol. The molecule has 6 heteroatoms. The average Bonchev–Trinajstić information content (AvgIpc) is 2.82. The first-order valence-electron chi connectivity index (χ1n) is 5.21. The van der Waals surface area contributed by atoms with Gasteiger partial charge in [-0.1, -0.05) is 23.7 Å². The van der Waals surface area contributed by atoms with Crippen LogP contribution in [0.15, 0.2) is 22.7 Å². The minimum atomic E-state index is -1.21. The number of nitrogens with zero attached hydrogens (tertiary/aromatic N) is 1. The van der Waals surface area contributed by atoms with Crippen LogP contribution in [-0.2, 0) is 6.42 Å². The Hall–Kier alpha value is -1.88. The van der Waals surface area contributed by atoms with Gasteiger partial charge in [0.15, 0.2) is 0 Å². The molecule has 2 aromatic rings. The molecule has 0 aliphatic rings. The topological polar surface area (TPSA) is 63.3 Å². The Morgan fingerprint density at radius 3 is 2.78 bits per heavy atom. The third-order valence-electron chi connectivity index (χ3n) is 2.50. The quantitative estimate of drug-likeness (QED) is 0.927. The predicted molar refractivity (Wildman–Crippen MR) is 63.2 cm³/mol. The van der Waals surface area contributed by atoms with Gasteiger partial charge in [0.1, 0.15) is 11.5 Å². The van der Waals surface area contributed by atoms with Crippen molar-refractivity contribution in [1.82, 2.24) is 5.16 Å². The van der Waals surface area contributed by atoms with Gasteiger partial charge >= 0.3 is 5.97 Å². The standard InChI is InChI=1S/C12H9ClFNO3/c1-2-6-3-7(4-8(13)11(6)14)9-5-10(12(16)17)18-15-9/h3-5H,2H2,1H3,(H,16,17). The van der Waals surface area contributed by atoms with E-state index in [2.05, 4.69) is 9.68 Å². The maximum Gasteiger partial charge on any atom is 0.374 e. The maximum atomic E-state index is 13.6. The van der Waals surface area contributed by atoms with Crippen molar-refractivity contribution >= 4 is 17.6 Å². The second-order valence-electron chi connectivity index (χ2n) is 3.67. The van der Waals surface area contributed by atoms with Gasteiger partial charge in [-0.2, -0.15) is 0 Å². The fraction of sp³-hybridized carbons (Fsp3) is 0.167. The van der Waals surface area contributed by atoms with Gasteiger partial charge in [0.25, 0.3) is 0 Å². The van der Waals surface area contributed by atoms with Crippen molar-refractivity contribution in [2.24, 2.45) is 0 Å². The summed E-state index contributed by atoms with van der Waals surface area (Å²) in [6, 6.07) is 4.23. The minimum Gasteiger partial charge on any atom is -0.475 e. The minimum absolute atomic E-state index is 0.0239. The summed E-state index contributed by atoms with van der Waals surface area (Å²) in [6.45, 7) is 1.80. The molecule has 0 amide bonds.